The molecule has 0 aliphatic carbocycles. The first kappa shape index (κ1) is 24.8. The largest absolute Gasteiger partial charge is 0.484 e. The molecule has 0 fully saturated rings. The molecule has 7 nitrogen and oxygen atoms in total. The maximum absolute atomic E-state index is 12.6. The summed E-state index contributed by atoms with van der Waals surface area (Å²) in [6.45, 7) is 4.82. The highest BCUT2D eigenvalue weighted by atomic mass is 32.2. The van der Waals surface area contributed by atoms with Gasteiger partial charge in [-0.2, -0.15) is 0 Å². The van der Waals surface area contributed by atoms with Crippen molar-refractivity contribution in [3.05, 3.63) is 77.2 Å². The molecule has 3 rings (SSSR count). The summed E-state index contributed by atoms with van der Waals surface area (Å²) in [5.41, 5.74) is 2.57. The van der Waals surface area contributed by atoms with Crippen LogP contribution < -0.4 is 14.4 Å². The second-order valence-electron chi connectivity index (χ2n) is 7.64. The molecule has 1 N–H and O–H groups in total. The van der Waals surface area contributed by atoms with Crippen LogP contribution in [0.5, 0.6) is 5.75 Å². The molecule has 0 aliphatic heterocycles. The number of nitrogens with one attached hydrogen (secondary N) is 1. The summed E-state index contributed by atoms with van der Waals surface area (Å²) in [6, 6.07) is 17.7. The van der Waals surface area contributed by atoms with E-state index in [9.17, 15) is 13.2 Å². The van der Waals surface area contributed by atoms with E-state index >= 15 is 0 Å². The summed E-state index contributed by atoms with van der Waals surface area (Å²) in [5.74, 6) is 0.231. The molecule has 1 amide bonds. The molecule has 2 aromatic carbocycles. The van der Waals surface area contributed by atoms with Gasteiger partial charge in [-0.1, -0.05) is 30.3 Å². The van der Waals surface area contributed by atoms with Crippen LogP contribution in [0.15, 0.2) is 70.3 Å². The van der Waals surface area contributed by atoms with Crippen LogP contribution in [0, 0.1) is 0 Å². The van der Waals surface area contributed by atoms with E-state index in [-0.39, 0.29) is 22.8 Å². The van der Waals surface area contributed by atoms with Crippen molar-refractivity contribution in [1.29, 1.82) is 0 Å². The molecular formula is C24H28N2O5S2. The quantitative estimate of drug-likeness (QED) is 0.437. The number of hydrogen-bond donors (Lipinski definition) is 1. The Labute approximate surface area is 199 Å². The van der Waals surface area contributed by atoms with Crippen LogP contribution in [0.25, 0.3) is 0 Å². The summed E-state index contributed by atoms with van der Waals surface area (Å²) >= 11 is 1.17. The first-order chi connectivity index (χ1) is 15.8. The van der Waals surface area contributed by atoms with Crippen LogP contribution in [0.2, 0.25) is 0 Å². The average Bonchev–Trinajstić information content (AvgIpc) is 3.36. The van der Waals surface area contributed by atoms with Gasteiger partial charge in [0.2, 0.25) is 0 Å². The molecule has 0 radical (unpaired) electrons. The predicted molar refractivity (Wildman–Crippen MR) is 130 cm³/mol. The molecule has 0 aliphatic rings. The van der Waals surface area contributed by atoms with Gasteiger partial charge in [-0.05, 0) is 60.7 Å². The van der Waals surface area contributed by atoms with Crippen molar-refractivity contribution in [3.63, 3.8) is 0 Å². The number of rotatable bonds is 11. The van der Waals surface area contributed by atoms with Gasteiger partial charge in [0.05, 0.1) is 18.4 Å². The van der Waals surface area contributed by atoms with E-state index in [1.54, 1.807) is 41.8 Å². The summed E-state index contributed by atoms with van der Waals surface area (Å²) in [5, 5.41) is 4.55. The number of benzene rings is 2. The number of nitrogens with zero attached hydrogens (tertiary/aromatic N) is 1. The molecule has 0 bridgehead atoms. The van der Waals surface area contributed by atoms with Crippen LogP contribution in [0.4, 0.5) is 5.69 Å². The fraction of sp³-hybridized carbons (Fsp3) is 0.292. The summed E-state index contributed by atoms with van der Waals surface area (Å²) < 4.78 is 37.8. The number of thiophene rings is 1. The van der Waals surface area contributed by atoms with Gasteiger partial charge in [0.15, 0.2) is 6.61 Å². The first-order valence-corrected chi connectivity index (χ1v) is 12.8. The second kappa shape index (κ2) is 11.3. The maximum atomic E-state index is 12.6. The molecule has 3 aromatic rings. The van der Waals surface area contributed by atoms with Crippen molar-refractivity contribution in [1.82, 2.24) is 5.32 Å². The molecule has 0 spiro atoms. The van der Waals surface area contributed by atoms with Crippen molar-refractivity contribution < 1.29 is 22.7 Å². The van der Waals surface area contributed by atoms with E-state index < -0.39 is 10.0 Å². The molecule has 0 saturated heterocycles. The molecule has 1 heterocycles. The Hall–Kier alpha value is -2.88. The predicted octanol–water partition coefficient (Wildman–Crippen LogP) is 4.19. The zero-order chi connectivity index (χ0) is 23.8. The van der Waals surface area contributed by atoms with Crippen LogP contribution in [-0.2, 0) is 32.7 Å². The van der Waals surface area contributed by atoms with Crippen LogP contribution in [-0.4, -0.2) is 34.1 Å². The fourth-order valence-electron chi connectivity index (χ4n) is 2.85. The number of sulfonamides is 1. The van der Waals surface area contributed by atoms with Gasteiger partial charge in [0.1, 0.15) is 9.96 Å². The summed E-state index contributed by atoms with van der Waals surface area (Å²) in [6.07, 6.45) is 0.181. The minimum Gasteiger partial charge on any atom is -0.484 e. The zero-order valence-corrected chi connectivity index (χ0v) is 20.5. The Bertz CT molecular complexity index is 1130. The van der Waals surface area contributed by atoms with Gasteiger partial charge in [-0.3, -0.25) is 9.10 Å². The van der Waals surface area contributed by atoms with Gasteiger partial charge in [0, 0.05) is 13.6 Å². The lowest BCUT2D eigenvalue weighted by Crippen LogP contribution is -2.28. The Morgan fingerprint density at radius 3 is 2.30 bits per heavy atom. The number of amides is 1. The highest BCUT2D eigenvalue weighted by molar-refractivity contribution is 7.94. The monoisotopic (exact) mass is 488 g/mol. The zero-order valence-electron chi connectivity index (χ0n) is 18.9. The van der Waals surface area contributed by atoms with Crippen LogP contribution in [0.3, 0.4) is 0 Å². The number of carbonyl (C=O) groups is 1. The highest BCUT2D eigenvalue weighted by Crippen LogP contribution is 2.26. The average molecular weight is 489 g/mol. The molecule has 33 heavy (non-hydrogen) atoms. The first-order valence-electron chi connectivity index (χ1n) is 10.5. The Kier molecular flexibility index (Phi) is 8.49. The van der Waals surface area contributed by atoms with Gasteiger partial charge in [-0.25, -0.2) is 8.42 Å². The summed E-state index contributed by atoms with van der Waals surface area (Å²) in [7, 11) is -2.09. The minimum absolute atomic E-state index is 0.136. The van der Waals surface area contributed by atoms with E-state index in [0.717, 1.165) is 11.1 Å². The molecule has 9 heteroatoms. The number of carbonyl (C=O) groups excluding carboxylic acids is 1. The van der Waals surface area contributed by atoms with Crippen molar-refractivity contribution in [3.8, 4) is 5.75 Å². The third kappa shape index (κ3) is 7.05. The normalized spacial score (nSPS) is 11.4. The second-order valence-corrected chi connectivity index (χ2v) is 10.8. The van der Waals surface area contributed by atoms with Gasteiger partial charge in [0.25, 0.3) is 15.9 Å². The standard InChI is InChI=1S/C24H28N2O5S2/c1-18(2)30-16-20-8-6-19(7-9-20)15-25-23(27)17-31-22-12-10-21(11-13-22)26(3)33(28,29)24-5-4-14-32-24/h4-14,18H,15-17H2,1-3H3,(H,25,27). The Morgan fingerprint density at radius 1 is 1.03 bits per heavy atom. The van der Waals surface area contributed by atoms with E-state index in [1.807, 2.05) is 38.1 Å². The topological polar surface area (TPSA) is 84.9 Å². The smallest absolute Gasteiger partial charge is 0.273 e. The van der Waals surface area contributed by atoms with E-state index in [4.69, 9.17) is 9.47 Å². The lowest BCUT2D eigenvalue weighted by Gasteiger charge is -2.18. The lowest BCUT2D eigenvalue weighted by molar-refractivity contribution is -0.123. The molecule has 0 saturated carbocycles. The molecular weight excluding hydrogens is 460 g/mol. The van der Waals surface area contributed by atoms with E-state index in [1.165, 1.54) is 22.7 Å². The lowest BCUT2D eigenvalue weighted by atomic mass is 10.1. The third-order valence-corrected chi connectivity index (χ3v) is 7.93. The molecule has 0 atom stereocenters. The SMILES string of the molecule is CC(C)OCc1ccc(CNC(=O)COc2ccc(N(C)S(=O)(=O)c3cccs3)cc2)cc1. The van der Waals surface area contributed by atoms with Crippen molar-refractivity contribution >= 4 is 33.0 Å². The third-order valence-electron chi connectivity index (χ3n) is 4.78. The Balaban J connectivity index is 1.46. The number of ether oxygens (including phenoxy) is 2. The van der Waals surface area contributed by atoms with E-state index in [2.05, 4.69) is 5.32 Å². The Morgan fingerprint density at radius 2 is 1.70 bits per heavy atom. The molecule has 0 unspecified atom stereocenters. The number of anilines is 1. The van der Waals surface area contributed by atoms with Gasteiger partial charge >= 0.3 is 0 Å². The van der Waals surface area contributed by atoms with Crippen LogP contribution >= 0.6 is 11.3 Å². The van der Waals surface area contributed by atoms with E-state index in [0.29, 0.717) is 24.6 Å². The number of hydrogen-bond acceptors (Lipinski definition) is 6. The fourth-order valence-corrected chi connectivity index (χ4v) is 5.21. The van der Waals surface area contributed by atoms with Crippen molar-refractivity contribution in [2.24, 2.45) is 0 Å². The van der Waals surface area contributed by atoms with Crippen molar-refractivity contribution in [2.75, 3.05) is 18.0 Å². The minimum atomic E-state index is -3.59. The van der Waals surface area contributed by atoms with Crippen LogP contribution in [0.1, 0.15) is 25.0 Å². The van der Waals surface area contributed by atoms with Gasteiger partial charge < -0.3 is 14.8 Å². The maximum Gasteiger partial charge on any atom is 0.273 e. The van der Waals surface area contributed by atoms with Crippen molar-refractivity contribution in [2.45, 2.75) is 37.3 Å². The summed E-state index contributed by atoms with van der Waals surface area (Å²) in [4.78, 5) is 12.1. The molecule has 1 aromatic heterocycles. The molecule has 176 valence electrons. The van der Waals surface area contributed by atoms with Gasteiger partial charge in [-0.15, -0.1) is 11.3 Å². The highest BCUT2D eigenvalue weighted by Gasteiger charge is 2.22.